The second-order valence-electron chi connectivity index (χ2n) is 4.78. The lowest BCUT2D eigenvalue weighted by atomic mass is 10.2. The molecule has 0 saturated heterocycles. The highest BCUT2D eigenvalue weighted by Gasteiger charge is 2.50. The van der Waals surface area contributed by atoms with Crippen molar-refractivity contribution in [3.05, 3.63) is 40.9 Å². The number of hydrazone groups is 1. The largest absolute Gasteiger partial charge is 0.525 e. The van der Waals surface area contributed by atoms with Crippen LogP contribution in [0.3, 0.4) is 0 Å². The number of benzene rings is 1. The van der Waals surface area contributed by atoms with Gasteiger partial charge in [-0.05, 0) is 36.8 Å². The van der Waals surface area contributed by atoms with Crippen LogP contribution in [-0.2, 0) is 4.74 Å². The molecule has 142 valence electrons. The number of aromatic nitrogens is 1. The van der Waals surface area contributed by atoms with Crippen LogP contribution in [0.15, 0.2) is 34.7 Å². The van der Waals surface area contributed by atoms with Crippen molar-refractivity contribution < 1.29 is 35.8 Å². The number of anilines is 1. The van der Waals surface area contributed by atoms with Gasteiger partial charge in [0.2, 0.25) is 5.13 Å². The number of thiazole rings is 1. The molecule has 2 aromatic rings. The molecular formula is C14H11F6N3O2S. The van der Waals surface area contributed by atoms with Crippen molar-refractivity contribution in [2.45, 2.75) is 25.8 Å². The van der Waals surface area contributed by atoms with Gasteiger partial charge in [-0.3, -0.25) is 5.43 Å². The number of hydrogen-bond donors (Lipinski definition) is 1. The van der Waals surface area contributed by atoms with E-state index in [2.05, 4.69) is 25.0 Å². The molecule has 0 aliphatic rings. The van der Waals surface area contributed by atoms with Crippen LogP contribution in [0.25, 0.3) is 0 Å². The molecule has 0 bridgehead atoms. The minimum absolute atomic E-state index is 0.463. The van der Waals surface area contributed by atoms with E-state index in [-0.39, 0.29) is 0 Å². The van der Waals surface area contributed by atoms with Gasteiger partial charge in [0.15, 0.2) is 0 Å². The number of nitrogens with zero attached hydrogens (tertiary/aromatic N) is 2. The van der Waals surface area contributed by atoms with Gasteiger partial charge in [-0.25, -0.2) is 14.1 Å². The fraction of sp³-hybridized carbons (Fsp3) is 0.286. The number of halogens is 6. The van der Waals surface area contributed by atoms with Gasteiger partial charge in [-0.2, -0.15) is 13.9 Å². The molecule has 0 spiro atoms. The summed E-state index contributed by atoms with van der Waals surface area (Å²) in [6.07, 6.45) is -13.0. The molecule has 1 aromatic carbocycles. The molecule has 2 rings (SSSR count). The molecule has 5 nitrogen and oxygen atoms in total. The first-order chi connectivity index (χ1) is 12.0. The Morgan fingerprint density at radius 3 is 2.38 bits per heavy atom. The highest BCUT2D eigenvalue weighted by atomic mass is 32.1. The molecule has 12 heteroatoms. The lowest BCUT2D eigenvalue weighted by molar-refractivity contribution is -0.411. The van der Waals surface area contributed by atoms with Crippen LogP contribution in [0.4, 0.5) is 31.5 Å². The molecule has 26 heavy (non-hydrogen) atoms. The molecule has 0 aliphatic heterocycles. The third-order valence-corrected chi connectivity index (χ3v) is 3.49. The van der Waals surface area contributed by atoms with Gasteiger partial charge in [0.1, 0.15) is 5.75 Å². The van der Waals surface area contributed by atoms with E-state index >= 15 is 0 Å². The van der Waals surface area contributed by atoms with Crippen LogP contribution < -0.4 is 10.2 Å². The van der Waals surface area contributed by atoms with Crippen molar-refractivity contribution in [1.29, 1.82) is 0 Å². The summed E-state index contributed by atoms with van der Waals surface area (Å²) in [6.45, 7) is 1.81. The minimum Gasteiger partial charge on any atom is -0.429 e. The minimum atomic E-state index is -5.56. The van der Waals surface area contributed by atoms with Crippen molar-refractivity contribution >= 4 is 22.7 Å². The Bertz CT molecular complexity index is 748. The molecule has 0 radical (unpaired) electrons. The van der Waals surface area contributed by atoms with Crippen molar-refractivity contribution in [2.24, 2.45) is 5.10 Å². The van der Waals surface area contributed by atoms with Crippen LogP contribution in [0.5, 0.6) is 5.75 Å². The Kier molecular flexibility index (Phi) is 6.08. The Morgan fingerprint density at radius 2 is 1.85 bits per heavy atom. The van der Waals surface area contributed by atoms with E-state index in [0.717, 1.165) is 17.8 Å². The Morgan fingerprint density at radius 1 is 1.19 bits per heavy atom. The average molecular weight is 399 g/mol. The summed E-state index contributed by atoms with van der Waals surface area (Å²) in [5, 5.41) is 6.24. The van der Waals surface area contributed by atoms with Gasteiger partial charge in [0.25, 0.3) is 0 Å². The zero-order valence-electron chi connectivity index (χ0n) is 12.9. The van der Waals surface area contributed by atoms with E-state index in [1.54, 1.807) is 0 Å². The summed E-state index contributed by atoms with van der Waals surface area (Å²) in [7, 11) is 0. The Labute approximate surface area is 147 Å². The quantitative estimate of drug-likeness (QED) is 0.417. The SMILES string of the molecule is Cc1csc(NN=Cc2ccc(OC(F)(F)C(F)OC(F)(F)F)cc2)n1. The van der Waals surface area contributed by atoms with Crippen molar-refractivity contribution in [3.8, 4) is 5.75 Å². The highest BCUT2D eigenvalue weighted by Crippen LogP contribution is 2.31. The summed E-state index contributed by atoms with van der Waals surface area (Å²) < 4.78 is 81.4. The van der Waals surface area contributed by atoms with Crippen molar-refractivity contribution in [3.63, 3.8) is 0 Å². The number of hydrogen-bond acceptors (Lipinski definition) is 6. The summed E-state index contributed by atoms with van der Waals surface area (Å²) >= 11 is 1.33. The van der Waals surface area contributed by atoms with Crippen LogP contribution >= 0.6 is 11.3 Å². The fourth-order valence-electron chi connectivity index (χ4n) is 1.58. The van der Waals surface area contributed by atoms with Gasteiger partial charge in [0.05, 0.1) is 11.9 Å². The maximum atomic E-state index is 13.3. The summed E-state index contributed by atoms with van der Waals surface area (Å²) in [6, 6.07) is 4.62. The van der Waals surface area contributed by atoms with Gasteiger partial charge in [-0.1, -0.05) is 0 Å². The average Bonchev–Trinajstić information content (AvgIpc) is 2.92. The monoisotopic (exact) mass is 399 g/mol. The maximum absolute atomic E-state index is 13.3. The highest BCUT2D eigenvalue weighted by molar-refractivity contribution is 7.13. The molecule has 0 aliphatic carbocycles. The van der Waals surface area contributed by atoms with Crippen LogP contribution in [0, 0.1) is 6.92 Å². The Balaban J connectivity index is 1.93. The lowest BCUT2D eigenvalue weighted by Gasteiger charge is -2.22. The molecule has 1 heterocycles. The molecular weight excluding hydrogens is 388 g/mol. The van der Waals surface area contributed by atoms with Crippen LogP contribution in [-0.4, -0.2) is 30.0 Å². The summed E-state index contributed by atoms with van der Waals surface area (Å²) in [4.78, 5) is 4.10. The number of alkyl halides is 6. The second kappa shape index (κ2) is 7.91. The number of nitrogens with one attached hydrogen (secondary N) is 1. The molecule has 1 unspecified atom stereocenters. The molecule has 1 N–H and O–H groups in total. The molecule has 0 fully saturated rings. The molecule has 0 amide bonds. The standard InChI is InChI=1S/C14H11F6N3O2S/c1-8-7-26-12(22-8)23-21-6-9-2-4-10(5-3-9)24-13(16,17)11(15)25-14(18,19)20/h2-7,11H,1H3,(H,22,23). The number of rotatable bonds is 7. The lowest BCUT2D eigenvalue weighted by Crippen LogP contribution is -2.41. The third-order valence-electron chi connectivity index (χ3n) is 2.63. The first kappa shape index (κ1) is 20.0. The van der Waals surface area contributed by atoms with Crippen molar-refractivity contribution in [1.82, 2.24) is 4.98 Å². The van der Waals surface area contributed by atoms with Gasteiger partial charge in [-0.15, -0.1) is 24.5 Å². The zero-order chi connectivity index (χ0) is 19.4. The van der Waals surface area contributed by atoms with E-state index in [4.69, 9.17) is 0 Å². The van der Waals surface area contributed by atoms with E-state index < -0.39 is 24.6 Å². The third kappa shape index (κ3) is 6.19. The topological polar surface area (TPSA) is 55.7 Å². The van der Waals surface area contributed by atoms with Gasteiger partial charge >= 0.3 is 18.8 Å². The van der Waals surface area contributed by atoms with Crippen molar-refractivity contribution in [2.75, 3.05) is 5.43 Å². The molecule has 1 aromatic heterocycles. The number of aryl methyl sites for hydroxylation is 1. The normalized spacial score (nSPS) is 13.8. The van der Waals surface area contributed by atoms with E-state index in [1.165, 1.54) is 29.7 Å². The predicted molar refractivity (Wildman–Crippen MR) is 82.1 cm³/mol. The first-order valence-electron chi connectivity index (χ1n) is 6.82. The van der Waals surface area contributed by atoms with Crippen LogP contribution in [0.1, 0.15) is 11.3 Å². The number of ether oxygens (including phenoxy) is 2. The summed E-state index contributed by atoms with van der Waals surface area (Å²) in [5.41, 5.74) is 3.93. The zero-order valence-corrected chi connectivity index (χ0v) is 13.7. The van der Waals surface area contributed by atoms with E-state index in [0.29, 0.717) is 10.7 Å². The van der Waals surface area contributed by atoms with E-state index in [9.17, 15) is 26.3 Å². The molecule has 0 saturated carbocycles. The smallest absolute Gasteiger partial charge is 0.429 e. The molecule has 1 atom stereocenters. The fourth-order valence-corrected chi connectivity index (χ4v) is 2.22. The van der Waals surface area contributed by atoms with Gasteiger partial charge in [0, 0.05) is 5.38 Å². The maximum Gasteiger partial charge on any atom is 0.525 e. The van der Waals surface area contributed by atoms with Gasteiger partial charge < -0.3 is 4.74 Å². The second-order valence-corrected chi connectivity index (χ2v) is 5.63. The summed E-state index contributed by atoms with van der Waals surface area (Å²) in [5.74, 6) is -0.552. The first-order valence-corrected chi connectivity index (χ1v) is 7.70. The van der Waals surface area contributed by atoms with Crippen LogP contribution in [0.2, 0.25) is 0 Å². The predicted octanol–water partition coefficient (Wildman–Crippen LogP) is 4.70. The van der Waals surface area contributed by atoms with E-state index in [1.807, 2.05) is 12.3 Å². The Hall–Kier alpha value is -2.34.